The Bertz CT molecular complexity index is 528. The number of amides is 4. The highest BCUT2D eigenvalue weighted by Gasteiger charge is 2.52. The summed E-state index contributed by atoms with van der Waals surface area (Å²) in [6.07, 6.45) is 6.14. The van der Waals surface area contributed by atoms with Gasteiger partial charge in [0.15, 0.2) is 0 Å². The Labute approximate surface area is 142 Å². The first-order valence-electron chi connectivity index (χ1n) is 9.12. The standard InChI is InChI=1S/C17H28N4O3/c1-2-12-5-7-17(8-6-12)15(23)21(16(24)19-17)11-14(22)20-9-3-4-13(18)10-20/h12-13H,2-11,18H2,1H3,(H,19,24). The molecule has 2 aliphatic heterocycles. The molecule has 0 aromatic heterocycles. The van der Waals surface area contributed by atoms with Crippen molar-refractivity contribution in [1.29, 1.82) is 0 Å². The third-order valence-electron chi connectivity index (χ3n) is 5.89. The van der Waals surface area contributed by atoms with Crippen LogP contribution in [-0.2, 0) is 9.59 Å². The van der Waals surface area contributed by atoms with E-state index >= 15 is 0 Å². The number of nitrogens with zero attached hydrogens (tertiary/aromatic N) is 2. The third kappa shape index (κ3) is 3.14. The molecule has 0 aromatic rings. The van der Waals surface area contributed by atoms with E-state index in [0.29, 0.717) is 31.8 Å². The number of rotatable bonds is 3. The fourth-order valence-electron chi connectivity index (χ4n) is 4.21. The van der Waals surface area contributed by atoms with Crippen LogP contribution in [0.4, 0.5) is 4.79 Å². The molecule has 1 aliphatic carbocycles. The second-order valence-electron chi connectivity index (χ2n) is 7.50. The molecule has 3 fully saturated rings. The first-order chi connectivity index (χ1) is 11.4. The van der Waals surface area contributed by atoms with Crippen molar-refractivity contribution in [3.8, 4) is 0 Å². The van der Waals surface area contributed by atoms with Gasteiger partial charge in [-0.2, -0.15) is 0 Å². The lowest BCUT2D eigenvalue weighted by atomic mass is 9.75. The van der Waals surface area contributed by atoms with Crippen LogP contribution in [0.1, 0.15) is 51.9 Å². The summed E-state index contributed by atoms with van der Waals surface area (Å²) in [5.41, 5.74) is 5.13. The molecule has 1 unspecified atom stereocenters. The maximum absolute atomic E-state index is 12.8. The number of likely N-dealkylation sites (tertiary alicyclic amines) is 1. The van der Waals surface area contributed by atoms with Gasteiger partial charge in [-0.05, 0) is 44.4 Å². The second-order valence-corrected chi connectivity index (χ2v) is 7.50. The van der Waals surface area contributed by atoms with Crippen LogP contribution >= 0.6 is 0 Å². The van der Waals surface area contributed by atoms with Crippen LogP contribution in [-0.4, -0.2) is 58.9 Å². The van der Waals surface area contributed by atoms with E-state index in [2.05, 4.69) is 12.2 Å². The molecule has 0 radical (unpaired) electrons. The topological polar surface area (TPSA) is 95.7 Å². The van der Waals surface area contributed by atoms with E-state index in [9.17, 15) is 14.4 Å². The monoisotopic (exact) mass is 336 g/mol. The summed E-state index contributed by atoms with van der Waals surface area (Å²) >= 11 is 0. The summed E-state index contributed by atoms with van der Waals surface area (Å²) in [4.78, 5) is 40.3. The van der Waals surface area contributed by atoms with Gasteiger partial charge in [0, 0.05) is 19.1 Å². The van der Waals surface area contributed by atoms with Crippen molar-refractivity contribution in [3.63, 3.8) is 0 Å². The predicted octanol–water partition coefficient (Wildman–Crippen LogP) is 0.827. The molecule has 24 heavy (non-hydrogen) atoms. The van der Waals surface area contributed by atoms with E-state index in [1.807, 2.05) is 0 Å². The first-order valence-corrected chi connectivity index (χ1v) is 9.12. The molecule has 1 saturated carbocycles. The van der Waals surface area contributed by atoms with Gasteiger partial charge in [0.2, 0.25) is 5.91 Å². The van der Waals surface area contributed by atoms with E-state index in [1.54, 1.807) is 4.90 Å². The Kier molecular flexibility index (Phi) is 4.80. The summed E-state index contributed by atoms with van der Waals surface area (Å²) in [5.74, 6) is 0.218. The number of hydrogen-bond donors (Lipinski definition) is 2. The van der Waals surface area contributed by atoms with Gasteiger partial charge < -0.3 is 16.0 Å². The van der Waals surface area contributed by atoms with Gasteiger partial charge in [0.25, 0.3) is 5.91 Å². The molecular weight excluding hydrogens is 308 g/mol. The van der Waals surface area contributed by atoms with Crippen LogP contribution in [0.3, 0.4) is 0 Å². The Balaban J connectivity index is 1.63. The number of urea groups is 1. The van der Waals surface area contributed by atoms with E-state index in [0.717, 1.165) is 37.0 Å². The largest absolute Gasteiger partial charge is 0.340 e. The van der Waals surface area contributed by atoms with Gasteiger partial charge in [-0.1, -0.05) is 13.3 Å². The lowest BCUT2D eigenvalue weighted by molar-refractivity contribution is -0.140. The highest BCUT2D eigenvalue weighted by Crippen LogP contribution is 2.37. The minimum Gasteiger partial charge on any atom is -0.340 e. The molecule has 2 heterocycles. The Morgan fingerprint density at radius 3 is 2.62 bits per heavy atom. The number of nitrogens with one attached hydrogen (secondary N) is 1. The average Bonchev–Trinajstić information content (AvgIpc) is 2.80. The normalized spacial score (nSPS) is 33.9. The Hall–Kier alpha value is -1.63. The van der Waals surface area contributed by atoms with Crippen LogP contribution in [0, 0.1) is 5.92 Å². The third-order valence-corrected chi connectivity index (χ3v) is 5.89. The zero-order valence-electron chi connectivity index (χ0n) is 14.4. The fourth-order valence-corrected chi connectivity index (χ4v) is 4.21. The number of hydrogen-bond acceptors (Lipinski definition) is 4. The smallest absolute Gasteiger partial charge is 0.325 e. The van der Waals surface area contributed by atoms with Crippen LogP contribution in [0.25, 0.3) is 0 Å². The number of piperidine rings is 1. The van der Waals surface area contributed by atoms with Gasteiger partial charge in [-0.3, -0.25) is 14.5 Å². The lowest BCUT2D eigenvalue weighted by Crippen LogP contribution is -2.51. The van der Waals surface area contributed by atoms with Crippen molar-refractivity contribution >= 4 is 17.8 Å². The molecule has 2 saturated heterocycles. The fraction of sp³-hybridized carbons (Fsp3) is 0.824. The lowest BCUT2D eigenvalue weighted by Gasteiger charge is -2.35. The van der Waals surface area contributed by atoms with E-state index < -0.39 is 11.6 Å². The molecular formula is C17H28N4O3. The maximum atomic E-state index is 12.8. The summed E-state index contributed by atoms with van der Waals surface area (Å²) in [5, 5.41) is 2.87. The number of carbonyl (C=O) groups excluding carboxylic acids is 3. The SMILES string of the molecule is CCC1CCC2(CC1)NC(=O)N(CC(=O)N1CCCC(N)C1)C2=O. The minimum absolute atomic E-state index is 0.0125. The van der Waals surface area contributed by atoms with Crippen molar-refractivity contribution in [3.05, 3.63) is 0 Å². The van der Waals surface area contributed by atoms with Crippen molar-refractivity contribution in [1.82, 2.24) is 15.1 Å². The number of carbonyl (C=O) groups is 3. The van der Waals surface area contributed by atoms with Crippen molar-refractivity contribution in [2.75, 3.05) is 19.6 Å². The van der Waals surface area contributed by atoms with Crippen molar-refractivity contribution < 1.29 is 14.4 Å². The minimum atomic E-state index is -0.776. The average molecular weight is 336 g/mol. The van der Waals surface area contributed by atoms with E-state index in [1.165, 1.54) is 0 Å². The predicted molar refractivity (Wildman–Crippen MR) is 89.0 cm³/mol. The molecule has 134 valence electrons. The Morgan fingerprint density at radius 1 is 1.29 bits per heavy atom. The number of nitrogens with two attached hydrogens (primary N) is 1. The zero-order valence-corrected chi connectivity index (χ0v) is 14.4. The molecule has 3 N–H and O–H groups in total. The summed E-state index contributed by atoms with van der Waals surface area (Å²) in [6.45, 7) is 3.15. The number of imide groups is 1. The Morgan fingerprint density at radius 2 is 2.00 bits per heavy atom. The van der Waals surface area contributed by atoms with Gasteiger partial charge in [-0.15, -0.1) is 0 Å². The molecule has 4 amide bonds. The van der Waals surface area contributed by atoms with Gasteiger partial charge in [0.05, 0.1) is 0 Å². The van der Waals surface area contributed by atoms with Crippen molar-refractivity contribution in [2.45, 2.75) is 63.5 Å². The second kappa shape index (κ2) is 6.70. The van der Waals surface area contributed by atoms with Crippen LogP contribution in [0.2, 0.25) is 0 Å². The highest BCUT2D eigenvalue weighted by molar-refractivity contribution is 6.09. The summed E-state index contributed by atoms with van der Waals surface area (Å²) in [7, 11) is 0. The molecule has 0 aromatic carbocycles. The van der Waals surface area contributed by atoms with Crippen LogP contribution in [0.5, 0.6) is 0 Å². The molecule has 1 atom stereocenters. The summed E-state index contributed by atoms with van der Waals surface area (Å²) < 4.78 is 0. The van der Waals surface area contributed by atoms with Gasteiger partial charge >= 0.3 is 6.03 Å². The zero-order chi connectivity index (χ0) is 17.3. The van der Waals surface area contributed by atoms with Gasteiger partial charge in [0.1, 0.15) is 12.1 Å². The van der Waals surface area contributed by atoms with Gasteiger partial charge in [-0.25, -0.2) is 4.79 Å². The molecule has 0 bridgehead atoms. The highest BCUT2D eigenvalue weighted by atomic mass is 16.2. The van der Waals surface area contributed by atoms with E-state index in [4.69, 9.17) is 5.73 Å². The quantitative estimate of drug-likeness (QED) is 0.746. The summed E-state index contributed by atoms with van der Waals surface area (Å²) in [6, 6.07) is -0.439. The molecule has 7 heteroatoms. The first kappa shape index (κ1) is 17.2. The van der Waals surface area contributed by atoms with Crippen LogP contribution in [0.15, 0.2) is 0 Å². The van der Waals surface area contributed by atoms with Crippen LogP contribution < -0.4 is 11.1 Å². The van der Waals surface area contributed by atoms with E-state index in [-0.39, 0.29) is 24.4 Å². The molecule has 3 aliphatic rings. The molecule has 1 spiro atoms. The molecule has 7 nitrogen and oxygen atoms in total. The molecule has 3 rings (SSSR count). The van der Waals surface area contributed by atoms with Crippen molar-refractivity contribution in [2.24, 2.45) is 11.7 Å². The maximum Gasteiger partial charge on any atom is 0.325 e.